The van der Waals surface area contributed by atoms with E-state index in [4.69, 9.17) is 11.6 Å². The molecule has 4 rings (SSSR count). The van der Waals surface area contributed by atoms with E-state index in [0.717, 1.165) is 6.26 Å². The predicted molar refractivity (Wildman–Crippen MR) is 135 cm³/mol. The van der Waals surface area contributed by atoms with Gasteiger partial charge in [-0.3, -0.25) is 0 Å². The molecule has 1 aliphatic rings. The summed E-state index contributed by atoms with van der Waals surface area (Å²) in [6, 6.07) is 2.90. The molecule has 0 bridgehead atoms. The van der Waals surface area contributed by atoms with Gasteiger partial charge >= 0.3 is 6.18 Å². The van der Waals surface area contributed by atoms with E-state index in [0.29, 0.717) is 31.1 Å². The standard InChI is InChI=1S/C23H26ClF4N7O2S/c1-33(2)11-14-4-5-18(19(24)20(14)25)34-12-17(30-13-34)21-16(23(26,27)28)10-29-22(32-21)31-15-6-8-35(9-7-15)38(3,36)37/h4-5,10,12-13,15H,6-9,11H2,1-3H3,(H,29,31,32). The van der Waals surface area contributed by atoms with Crippen molar-refractivity contribution in [2.24, 2.45) is 0 Å². The highest BCUT2D eigenvalue weighted by Gasteiger charge is 2.36. The molecule has 1 aliphatic heterocycles. The number of nitrogens with zero attached hydrogens (tertiary/aromatic N) is 6. The van der Waals surface area contributed by atoms with Crippen LogP contribution in [-0.4, -0.2) is 76.6 Å². The summed E-state index contributed by atoms with van der Waals surface area (Å²) in [5.41, 5.74) is -1.06. The number of aromatic nitrogens is 4. The van der Waals surface area contributed by atoms with Crippen molar-refractivity contribution in [1.82, 2.24) is 28.7 Å². The van der Waals surface area contributed by atoms with Gasteiger partial charge in [-0.1, -0.05) is 17.7 Å². The molecule has 3 aromatic rings. The molecule has 9 nitrogen and oxygen atoms in total. The van der Waals surface area contributed by atoms with E-state index >= 15 is 0 Å². The predicted octanol–water partition coefficient (Wildman–Crippen LogP) is 4.04. The topological polar surface area (TPSA) is 96.3 Å². The first-order valence-electron chi connectivity index (χ1n) is 11.6. The molecule has 0 unspecified atom stereocenters. The molecule has 0 aliphatic carbocycles. The van der Waals surface area contributed by atoms with Crippen LogP contribution in [0, 0.1) is 5.82 Å². The van der Waals surface area contributed by atoms with Gasteiger partial charge in [0.15, 0.2) is 0 Å². The maximum absolute atomic E-state index is 14.8. The Bertz CT molecular complexity index is 1420. The lowest BCUT2D eigenvalue weighted by molar-refractivity contribution is -0.137. The van der Waals surface area contributed by atoms with Gasteiger partial charge in [0.25, 0.3) is 0 Å². The SMILES string of the molecule is CN(C)Cc1ccc(-n2cnc(-c3nc(NC4CCN(S(C)(=O)=O)CC4)ncc3C(F)(F)F)c2)c(Cl)c1F. The van der Waals surface area contributed by atoms with Gasteiger partial charge in [0.1, 0.15) is 34.1 Å². The summed E-state index contributed by atoms with van der Waals surface area (Å²) >= 11 is 6.25. The molecule has 0 amide bonds. The molecule has 0 spiro atoms. The van der Waals surface area contributed by atoms with Crippen molar-refractivity contribution in [3.05, 3.63) is 52.8 Å². The van der Waals surface area contributed by atoms with Crippen LogP contribution in [0.5, 0.6) is 0 Å². The van der Waals surface area contributed by atoms with Crippen LogP contribution >= 0.6 is 11.6 Å². The summed E-state index contributed by atoms with van der Waals surface area (Å²) in [5, 5.41) is 2.81. The van der Waals surface area contributed by atoms with Gasteiger partial charge < -0.3 is 14.8 Å². The Hall–Kier alpha value is -2.81. The zero-order valence-corrected chi connectivity index (χ0v) is 22.4. The zero-order valence-electron chi connectivity index (χ0n) is 20.8. The van der Waals surface area contributed by atoms with E-state index in [1.54, 1.807) is 31.1 Å². The van der Waals surface area contributed by atoms with E-state index in [1.165, 1.54) is 21.4 Å². The Morgan fingerprint density at radius 3 is 2.47 bits per heavy atom. The van der Waals surface area contributed by atoms with Gasteiger partial charge in [-0.25, -0.2) is 32.1 Å². The van der Waals surface area contributed by atoms with Crippen LogP contribution in [0.3, 0.4) is 0 Å². The van der Waals surface area contributed by atoms with Crippen LogP contribution in [0.4, 0.5) is 23.5 Å². The number of nitrogens with one attached hydrogen (secondary N) is 1. The first kappa shape index (κ1) is 28.2. The number of hydrogen-bond donors (Lipinski definition) is 1. The Morgan fingerprint density at radius 1 is 1.18 bits per heavy atom. The van der Waals surface area contributed by atoms with Gasteiger partial charge in [0.05, 0.1) is 11.9 Å². The summed E-state index contributed by atoms with van der Waals surface area (Å²) in [6.07, 6.45) is 0.458. The van der Waals surface area contributed by atoms with Crippen LogP contribution in [0.25, 0.3) is 17.1 Å². The average Bonchev–Trinajstić information content (AvgIpc) is 3.31. The summed E-state index contributed by atoms with van der Waals surface area (Å²) in [6.45, 7) is 0.873. The monoisotopic (exact) mass is 575 g/mol. The van der Waals surface area contributed by atoms with Gasteiger partial charge in [0, 0.05) is 43.6 Å². The number of piperidine rings is 1. The van der Waals surface area contributed by atoms with Crippen molar-refractivity contribution in [1.29, 1.82) is 0 Å². The second kappa shape index (κ2) is 10.8. The van der Waals surface area contributed by atoms with E-state index in [9.17, 15) is 26.0 Å². The van der Waals surface area contributed by atoms with E-state index < -0.39 is 33.3 Å². The lowest BCUT2D eigenvalue weighted by Gasteiger charge is -2.30. The fraction of sp³-hybridized carbons (Fsp3) is 0.435. The number of imidazole rings is 1. The molecular formula is C23H26ClF4N7O2S. The van der Waals surface area contributed by atoms with Gasteiger partial charge in [-0.2, -0.15) is 13.2 Å². The molecule has 0 saturated carbocycles. The molecule has 0 radical (unpaired) electrons. The van der Waals surface area contributed by atoms with Crippen molar-refractivity contribution in [2.45, 2.75) is 31.6 Å². The maximum Gasteiger partial charge on any atom is 0.420 e. The Balaban J connectivity index is 1.63. The van der Waals surface area contributed by atoms with Crippen molar-refractivity contribution in [3.8, 4) is 17.1 Å². The second-order valence-electron chi connectivity index (χ2n) is 9.31. The number of anilines is 1. The molecule has 1 fully saturated rings. The van der Waals surface area contributed by atoms with Crippen LogP contribution < -0.4 is 5.32 Å². The molecule has 3 heterocycles. The first-order valence-corrected chi connectivity index (χ1v) is 13.8. The third-order valence-corrected chi connectivity index (χ3v) is 7.74. The molecule has 1 N–H and O–H groups in total. The molecule has 1 aromatic carbocycles. The summed E-state index contributed by atoms with van der Waals surface area (Å²) < 4.78 is 82.3. The van der Waals surface area contributed by atoms with Crippen molar-refractivity contribution >= 4 is 27.6 Å². The van der Waals surface area contributed by atoms with Crippen molar-refractivity contribution in [2.75, 3.05) is 38.8 Å². The minimum Gasteiger partial charge on any atom is -0.351 e. The lowest BCUT2D eigenvalue weighted by atomic mass is 10.1. The summed E-state index contributed by atoms with van der Waals surface area (Å²) in [7, 11) is 0.248. The normalized spacial score (nSPS) is 15.8. The minimum atomic E-state index is -4.75. The Kier molecular flexibility index (Phi) is 7.98. The number of sulfonamides is 1. The largest absolute Gasteiger partial charge is 0.420 e. The Morgan fingerprint density at radius 2 is 1.87 bits per heavy atom. The second-order valence-corrected chi connectivity index (χ2v) is 11.7. The van der Waals surface area contributed by atoms with E-state index in [-0.39, 0.29) is 41.5 Å². The van der Waals surface area contributed by atoms with Gasteiger partial charge in [-0.05, 0) is 33.0 Å². The van der Waals surface area contributed by atoms with Crippen molar-refractivity contribution in [3.63, 3.8) is 0 Å². The third-order valence-electron chi connectivity index (χ3n) is 6.08. The number of benzene rings is 1. The number of alkyl halides is 3. The highest BCUT2D eigenvalue weighted by molar-refractivity contribution is 7.88. The highest BCUT2D eigenvalue weighted by atomic mass is 35.5. The quantitative estimate of drug-likeness (QED) is 0.425. The van der Waals surface area contributed by atoms with Crippen molar-refractivity contribution < 1.29 is 26.0 Å². The van der Waals surface area contributed by atoms with Crippen LogP contribution in [0.2, 0.25) is 5.02 Å². The smallest absolute Gasteiger partial charge is 0.351 e. The fourth-order valence-corrected chi connectivity index (χ4v) is 5.34. The minimum absolute atomic E-state index is 0.0440. The highest BCUT2D eigenvalue weighted by Crippen LogP contribution is 2.36. The summed E-state index contributed by atoms with van der Waals surface area (Å²) in [4.78, 5) is 13.8. The molecule has 15 heteroatoms. The number of rotatable bonds is 7. The van der Waals surface area contributed by atoms with Crippen LogP contribution in [-0.2, 0) is 22.7 Å². The van der Waals surface area contributed by atoms with Crippen LogP contribution in [0.1, 0.15) is 24.0 Å². The fourth-order valence-electron chi connectivity index (χ4n) is 4.19. The maximum atomic E-state index is 14.8. The third kappa shape index (κ3) is 6.25. The van der Waals surface area contributed by atoms with Gasteiger partial charge in [-0.15, -0.1) is 0 Å². The molecule has 2 aromatic heterocycles. The molecule has 38 heavy (non-hydrogen) atoms. The zero-order chi connectivity index (χ0) is 27.8. The molecule has 206 valence electrons. The number of halogens is 5. The van der Waals surface area contributed by atoms with E-state index in [1.807, 2.05) is 0 Å². The first-order chi connectivity index (χ1) is 17.7. The average molecular weight is 576 g/mol. The Labute approximate surface area is 222 Å². The number of hydrogen-bond acceptors (Lipinski definition) is 7. The molecule has 1 saturated heterocycles. The lowest BCUT2D eigenvalue weighted by Crippen LogP contribution is -2.42. The van der Waals surface area contributed by atoms with Crippen LogP contribution in [0.15, 0.2) is 30.9 Å². The van der Waals surface area contributed by atoms with E-state index in [2.05, 4.69) is 20.3 Å². The molecular weight excluding hydrogens is 550 g/mol. The summed E-state index contributed by atoms with van der Waals surface area (Å²) in [5.74, 6) is -0.669. The molecule has 0 atom stereocenters. The van der Waals surface area contributed by atoms with Gasteiger partial charge in [0.2, 0.25) is 16.0 Å².